The van der Waals surface area contributed by atoms with Crippen molar-refractivity contribution in [2.24, 2.45) is 17.3 Å². The molecule has 6 heteroatoms. The summed E-state index contributed by atoms with van der Waals surface area (Å²) < 4.78 is 6.12. The summed E-state index contributed by atoms with van der Waals surface area (Å²) in [6.07, 6.45) is 2.78. The van der Waals surface area contributed by atoms with Gasteiger partial charge in [0.25, 0.3) is 0 Å². The summed E-state index contributed by atoms with van der Waals surface area (Å²) in [4.78, 5) is 25.0. The van der Waals surface area contributed by atoms with Gasteiger partial charge < -0.3 is 14.6 Å². The van der Waals surface area contributed by atoms with Gasteiger partial charge in [0.2, 0.25) is 0 Å². The molecular formula is C23H44O5Si. The second-order valence-corrected chi connectivity index (χ2v) is 15.4. The molecule has 0 rings (SSSR count). The van der Waals surface area contributed by atoms with E-state index in [0.29, 0.717) is 0 Å². The number of ketones is 1. The number of carbonyl (C=O) groups excluding carboxylic acids is 1. The van der Waals surface area contributed by atoms with Gasteiger partial charge in [0.1, 0.15) is 11.9 Å². The molecule has 0 saturated carbocycles. The Labute approximate surface area is 179 Å². The fraction of sp³-hybridized carbons (Fsp3) is 0.826. The Morgan fingerprint density at radius 3 is 2.07 bits per heavy atom. The van der Waals surface area contributed by atoms with Gasteiger partial charge in [-0.2, -0.15) is 0 Å². The van der Waals surface area contributed by atoms with Crippen molar-refractivity contribution >= 4 is 20.1 Å². The van der Waals surface area contributed by atoms with Crippen LogP contribution in [-0.4, -0.2) is 42.5 Å². The van der Waals surface area contributed by atoms with Gasteiger partial charge in [0, 0.05) is 11.3 Å². The number of Topliss-reactive ketones (excluding diaryl/α,β-unsaturated/α-hetero) is 1. The maximum Gasteiger partial charge on any atom is 0.331 e. The zero-order valence-corrected chi connectivity index (χ0v) is 21.0. The molecule has 4 unspecified atom stereocenters. The Bertz CT molecular complexity index is 562. The SMILES string of the molecule is C=CCCCC(C)C(O)C(C)C(=O)C(C)(C)CC(O[Si](C)(C)C(C)(C)C)C(=O)O. The number of carbonyl (C=O) groups is 2. The number of unbranched alkanes of at least 4 members (excludes halogenated alkanes) is 1. The molecule has 0 aliphatic carbocycles. The van der Waals surface area contributed by atoms with Crippen LogP contribution in [0.4, 0.5) is 0 Å². The fourth-order valence-electron chi connectivity index (χ4n) is 3.30. The molecule has 0 radical (unpaired) electrons. The van der Waals surface area contributed by atoms with Crippen LogP contribution in [0.1, 0.15) is 74.1 Å². The van der Waals surface area contributed by atoms with Crippen molar-refractivity contribution in [3.05, 3.63) is 12.7 Å². The Kier molecular flexibility index (Phi) is 10.5. The Hall–Kier alpha value is -0.983. The van der Waals surface area contributed by atoms with Crippen LogP contribution >= 0.6 is 0 Å². The molecule has 0 aromatic heterocycles. The summed E-state index contributed by atoms with van der Waals surface area (Å²) in [7, 11) is -2.30. The number of hydrogen-bond donors (Lipinski definition) is 2. The van der Waals surface area contributed by atoms with Gasteiger partial charge in [0.15, 0.2) is 8.32 Å². The topological polar surface area (TPSA) is 83.8 Å². The van der Waals surface area contributed by atoms with Crippen LogP contribution in [-0.2, 0) is 14.0 Å². The fourth-order valence-corrected chi connectivity index (χ4v) is 4.54. The number of aliphatic hydroxyl groups excluding tert-OH is 1. The molecule has 29 heavy (non-hydrogen) atoms. The van der Waals surface area contributed by atoms with Crippen LogP contribution in [0.15, 0.2) is 12.7 Å². The van der Waals surface area contributed by atoms with E-state index in [2.05, 4.69) is 27.4 Å². The molecule has 5 nitrogen and oxygen atoms in total. The van der Waals surface area contributed by atoms with E-state index in [0.717, 1.165) is 19.3 Å². The minimum Gasteiger partial charge on any atom is -0.479 e. The summed E-state index contributed by atoms with van der Waals surface area (Å²) in [5.74, 6) is -1.73. The molecule has 0 aliphatic rings. The van der Waals surface area contributed by atoms with Crippen molar-refractivity contribution in [1.29, 1.82) is 0 Å². The van der Waals surface area contributed by atoms with E-state index < -0.39 is 37.8 Å². The van der Waals surface area contributed by atoms with E-state index in [9.17, 15) is 19.8 Å². The van der Waals surface area contributed by atoms with E-state index in [1.54, 1.807) is 20.8 Å². The van der Waals surface area contributed by atoms with Gasteiger partial charge in [-0.3, -0.25) is 4.79 Å². The van der Waals surface area contributed by atoms with E-state index in [1.165, 1.54) is 0 Å². The Morgan fingerprint density at radius 1 is 1.14 bits per heavy atom. The minimum absolute atomic E-state index is 0.0107. The third kappa shape index (κ3) is 8.34. The second kappa shape index (κ2) is 10.9. The standard InChI is InChI=1S/C23H44O5Si/c1-11-12-13-14-16(2)19(24)17(3)20(25)23(7,8)15-18(21(26)27)28-29(9,10)22(4,5)6/h11,16-19,24H,1,12-15H2,2-10H3,(H,26,27). The van der Waals surface area contributed by atoms with Crippen molar-refractivity contribution in [2.75, 3.05) is 0 Å². The highest BCUT2D eigenvalue weighted by molar-refractivity contribution is 6.74. The molecule has 0 aromatic rings. The number of hydrogen-bond acceptors (Lipinski definition) is 4. The van der Waals surface area contributed by atoms with Gasteiger partial charge in [-0.1, -0.05) is 54.5 Å². The van der Waals surface area contributed by atoms with Gasteiger partial charge in [0.05, 0.1) is 6.10 Å². The third-order valence-electron chi connectivity index (χ3n) is 6.46. The van der Waals surface area contributed by atoms with Crippen molar-refractivity contribution in [1.82, 2.24) is 0 Å². The van der Waals surface area contributed by atoms with E-state index in [-0.39, 0.29) is 23.2 Å². The molecule has 0 saturated heterocycles. The molecule has 0 heterocycles. The number of aliphatic hydroxyl groups is 1. The first-order valence-electron chi connectivity index (χ1n) is 10.7. The first-order chi connectivity index (χ1) is 13.0. The summed E-state index contributed by atoms with van der Waals surface area (Å²) >= 11 is 0. The lowest BCUT2D eigenvalue weighted by Crippen LogP contribution is -2.48. The molecule has 0 fully saturated rings. The normalized spacial score (nSPS) is 17.3. The van der Waals surface area contributed by atoms with Crippen molar-refractivity contribution in [3.8, 4) is 0 Å². The maximum absolute atomic E-state index is 13.1. The van der Waals surface area contributed by atoms with E-state index in [4.69, 9.17) is 4.43 Å². The molecule has 2 N–H and O–H groups in total. The summed E-state index contributed by atoms with van der Waals surface area (Å²) in [6.45, 7) is 21.1. The van der Waals surface area contributed by atoms with Crippen LogP contribution in [0.5, 0.6) is 0 Å². The van der Waals surface area contributed by atoms with Crippen molar-refractivity contribution in [3.63, 3.8) is 0 Å². The molecule has 0 bridgehead atoms. The Balaban J connectivity index is 5.29. The smallest absolute Gasteiger partial charge is 0.331 e. The number of carboxylic acid groups (broad SMARTS) is 1. The number of allylic oxidation sites excluding steroid dienone is 1. The molecule has 0 aliphatic heterocycles. The van der Waals surface area contributed by atoms with E-state index in [1.807, 2.05) is 26.1 Å². The monoisotopic (exact) mass is 428 g/mol. The van der Waals surface area contributed by atoms with Crippen LogP contribution < -0.4 is 0 Å². The first kappa shape index (κ1) is 28.0. The van der Waals surface area contributed by atoms with Gasteiger partial charge in [-0.25, -0.2) is 4.79 Å². The highest BCUT2D eigenvalue weighted by atomic mass is 28.4. The lowest BCUT2D eigenvalue weighted by atomic mass is 9.74. The zero-order chi connectivity index (χ0) is 23.2. The average Bonchev–Trinajstić information content (AvgIpc) is 2.57. The first-order valence-corrected chi connectivity index (χ1v) is 13.6. The van der Waals surface area contributed by atoms with E-state index >= 15 is 0 Å². The zero-order valence-electron chi connectivity index (χ0n) is 20.0. The van der Waals surface area contributed by atoms with Gasteiger partial charge in [-0.15, -0.1) is 6.58 Å². The predicted octanol–water partition coefficient (Wildman–Crippen LogP) is 5.44. The third-order valence-corrected chi connectivity index (χ3v) is 10.9. The molecule has 0 aromatic carbocycles. The molecule has 4 atom stereocenters. The van der Waals surface area contributed by atoms with Gasteiger partial charge >= 0.3 is 5.97 Å². The molecule has 0 amide bonds. The summed E-state index contributed by atoms with van der Waals surface area (Å²) in [5, 5.41) is 20.3. The molecule has 170 valence electrons. The quantitative estimate of drug-likeness (QED) is 0.232. The van der Waals surface area contributed by atoms with Crippen LogP contribution in [0.3, 0.4) is 0 Å². The molecular weight excluding hydrogens is 384 g/mol. The largest absolute Gasteiger partial charge is 0.479 e. The number of aliphatic carboxylic acids is 1. The summed E-state index contributed by atoms with van der Waals surface area (Å²) in [5.41, 5.74) is -0.910. The van der Waals surface area contributed by atoms with Crippen molar-refractivity contribution in [2.45, 2.75) is 104 Å². The highest BCUT2D eigenvalue weighted by Crippen LogP contribution is 2.39. The number of rotatable bonds is 13. The van der Waals surface area contributed by atoms with Crippen LogP contribution in [0.25, 0.3) is 0 Å². The summed E-state index contributed by atoms with van der Waals surface area (Å²) in [6, 6.07) is 0. The maximum atomic E-state index is 13.1. The minimum atomic E-state index is -2.30. The number of carboxylic acids is 1. The lowest BCUT2D eigenvalue weighted by Gasteiger charge is -2.40. The average molecular weight is 429 g/mol. The highest BCUT2D eigenvalue weighted by Gasteiger charge is 2.44. The van der Waals surface area contributed by atoms with Gasteiger partial charge in [-0.05, 0) is 49.7 Å². The second-order valence-electron chi connectivity index (χ2n) is 10.6. The van der Waals surface area contributed by atoms with Crippen LogP contribution in [0, 0.1) is 17.3 Å². The predicted molar refractivity (Wildman–Crippen MR) is 121 cm³/mol. The van der Waals surface area contributed by atoms with Crippen molar-refractivity contribution < 1.29 is 24.2 Å². The lowest BCUT2D eigenvalue weighted by molar-refractivity contribution is -0.149. The van der Waals surface area contributed by atoms with Crippen LogP contribution in [0.2, 0.25) is 18.1 Å². The molecule has 0 spiro atoms. The Morgan fingerprint density at radius 2 is 1.66 bits per heavy atom.